The van der Waals surface area contributed by atoms with E-state index in [0.717, 1.165) is 17.8 Å². The number of nitrogens with one attached hydrogen (secondary N) is 1. The average Bonchev–Trinajstić information content (AvgIpc) is 2.38. The summed E-state index contributed by atoms with van der Waals surface area (Å²) in [7, 11) is 2.11. The van der Waals surface area contributed by atoms with Gasteiger partial charge in [-0.2, -0.15) is 0 Å². The van der Waals surface area contributed by atoms with Crippen molar-refractivity contribution in [2.45, 2.75) is 43.6 Å². The van der Waals surface area contributed by atoms with Gasteiger partial charge >= 0.3 is 0 Å². The second-order valence-electron chi connectivity index (χ2n) is 7.08. The molecule has 1 N–H and O–H groups in total. The maximum absolute atomic E-state index is 13.6. The minimum Gasteiger partial charge on any atom is -0.316 e. The van der Waals surface area contributed by atoms with Crippen LogP contribution in [-0.4, -0.2) is 13.1 Å². The van der Waals surface area contributed by atoms with Crippen molar-refractivity contribution in [2.75, 3.05) is 7.05 Å². The number of rotatable bonds is 2. The molecule has 4 aliphatic carbocycles. The van der Waals surface area contributed by atoms with Crippen LogP contribution in [0.5, 0.6) is 0 Å². The fourth-order valence-corrected chi connectivity index (χ4v) is 5.67. The van der Waals surface area contributed by atoms with Gasteiger partial charge in [-0.3, -0.25) is 0 Å². The van der Waals surface area contributed by atoms with E-state index in [4.69, 9.17) is 0 Å². The van der Waals surface area contributed by atoms with Crippen LogP contribution in [0, 0.1) is 23.6 Å². The molecule has 1 aromatic carbocycles. The van der Waals surface area contributed by atoms with Gasteiger partial charge in [-0.25, -0.2) is 4.39 Å². The second-order valence-corrected chi connectivity index (χ2v) is 7.08. The number of halogens is 1. The van der Waals surface area contributed by atoms with Crippen molar-refractivity contribution in [3.63, 3.8) is 0 Å². The predicted octanol–water partition coefficient (Wildman–Crippen LogP) is 3.49. The topological polar surface area (TPSA) is 12.0 Å². The molecule has 0 amide bonds. The molecular weight excluding hydrogens is 237 g/mol. The van der Waals surface area contributed by atoms with Gasteiger partial charge in [0.05, 0.1) is 0 Å². The van der Waals surface area contributed by atoms with E-state index in [2.05, 4.69) is 18.4 Å². The monoisotopic (exact) mass is 259 g/mol. The third-order valence-electron chi connectivity index (χ3n) is 6.04. The van der Waals surface area contributed by atoms with Gasteiger partial charge in [0.1, 0.15) is 5.82 Å². The molecule has 1 nitrogen and oxygen atoms in total. The summed E-state index contributed by atoms with van der Waals surface area (Å²) >= 11 is 0. The van der Waals surface area contributed by atoms with Crippen molar-refractivity contribution in [3.05, 3.63) is 35.6 Å². The lowest BCUT2D eigenvalue weighted by molar-refractivity contribution is -0.0327. The van der Waals surface area contributed by atoms with E-state index in [9.17, 15) is 4.39 Å². The second kappa shape index (κ2) is 4.05. The van der Waals surface area contributed by atoms with Crippen molar-refractivity contribution in [1.29, 1.82) is 0 Å². The summed E-state index contributed by atoms with van der Waals surface area (Å²) in [5, 5.41) is 3.55. The molecule has 102 valence electrons. The van der Waals surface area contributed by atoms with Gasteiger partial charge < -0.3 is 5.32 Å². The molecule has 2 heteroatoms. The molecule has 4 saturated carbocycles. The van der Waals surface area contributed by atoms with Gasteiger partial charge in [0, 0.05) is 6.04 Å². The molecule has 0 aliphatic heterocycles. The fraction of sp³-hybridized carbons (Fsp3) is 0.647. The maximum atomic E-state index is 13.6. The Bertz CT molecular complexity index is 482. The van der Waals surface area contributed by atoms with E-state index in [0.29, 0.717) is 6.04 Å². The first-order valence-electron chi connectivity index (χ1n) is 7.63. The van der Waals surface area contributed by atoms with E-state index < -0.39 is 0 Å². The van der Waals surface area contributed by atoms with E-state index in [1.807, 2.05) is 6.07 Å². The Morgan fingerprint density at radius 1 is 1.16 bits per heavy atom. The average molecular weight is 259 g/mol. The SMILES string of the molecule is CNC1C2CC3CC1CC(c1cccc(F)c1)(C3)C2. The summed E-state index contributed by atoms with van der Waals surface area (Å²) in [6.45, 7) is 0. The lowest BCUT2D eigenvalue weighted by Crippen LogP contribution is -2.59. The standard InChI is InChI=1S/C17H22FN/c1-19-16-12-5-11-6-13(16)10-17(8-11,9-12)14-3-2-4-15(18)7-14/h2-4,7,11-13,16,19H,5-6,8-10H2,1H3. The molecule has 2 atom stereocenters. The van der Waals surface area contributed by atoms with Gasteiger partial charge in [-0.05, 0) is 80.0 Å². The normalized spacial score (nSPS) is 43.7. The molecule has 5 rings (SSSR count). The van der Waals surface area contributed by atoms with Crippen LogP contribution in [0.25, 0.3) is 0 Å². The number of hydrogen-bond acceptors (Lipinski definition) is 1. The fourth-order valence-electron chi connectivity index (χ4n) is 5.67. The Hall–Kier alpha value is -0.890. The zero-order chi connectivity index (χ0) is 13.0. The van der Waals surface area contributed by atoms with Crippen molar-refractivity contribution < 1.29 is 4.39 Å². The Kier molecular flexibility index (Phi) is 2.54. The summed E-state index contributed by atoms with van der Waals surface area (Å²) < 4.78 is 13.6. The van der Waals surface area contributed by atoms with Crippen LogP contribution in [0.4, 0.5) is 4.39 Å². The zero-order valence-electron chi connectivity index (χ0n) is 11.5. The number of hydrogen-bond donors (Lipinski definition) is 1. The summed E-state index contributed by atoms with van der Waals surface area (Å²) in [5.74, 6) is 2.42. The van der Waals surface area contributed by atoms with Crippen LogP contribution < -0.4 is 5.32 Å². The largest absolute Gasteiger partial charge is 0.316 e. The minimum absolute atomic E-state index is 0.0709. The van der Waals surface area contributed by atoms with Crippen LogP contribution in [0.15, 0.2) is 24.3 Å². The van der Waals surface area contributed by atoms with Crippen LogP contribution >= 0.6 is 0 Å². The molecule has 4 aliphatic rings. The zero-order valence-corrected chi connectivity index (χ0v) is 11.5. The molecule has 0 heterocycles. The highest BCUT2D eigenvalue weighted by Crippen LogP contribution is 2.60. The lowest BCUT2D eigenvalue weighted by Gasteiger charge is -2.60. The van der Waals surface area contributed by atoms with Crippen LogP contribution in [0.3, 0.4) is 0 Å². The van der Waals surface area contributed by atoms with Crippen LogP contribution in [0.2, 0.25) is 0 Å². The smallest absolute Gasteiger partial charge is 0.123 e. The van der Waals surface area contributed by atoms with Crippen molar-refractivity contribution >= 4 is 0 Å². The maximum Gasteiger partial charge on any atom is 0.123 e. The van der Waals surface area contributed by atoms with Crippen molar-refractivity contribution in [3.8, 4) is 0 Å². The molecular formula is C17H22FN. The quantitative estimate of drug-likeness (QED) is 0.857. The molecule has 0 spiro atoms. The molecule has 0 saturated heterocycles. The predicted molar refractivity (Wildman–Crippen MR) is 74.5 cm³/mol. The Balaban J connectivity index is 1.73. The van der Waals surface area contributed by atoms with Crippen LogP contribution in [0.1, 0.15) is 37.7 Å². The van der Waals surface area contributed by atoms with Gasteiger partial charge in [0.15, 0.2) is 0 Å². The summed E-state index contributed by atoms with van der Waals surface area (Å²) in [6.07, 6.45) is 6.59. The highest BCUT2D eigenvalue weighted by atomic mass is 19.1. The summed E-state index contributed by atoms with van der Waals surface area (Å²) in [6, 6.07) is 8.11. The highest BCUT2D eigenvalue weighted by molar-refractivity contribution is 5.30. The first kappa shape index (κ1) is 11.9. The van der Waals surface area contributed by atoms with Gasteiger partial charge in [0.2, 0.25) is 0 Å². The first-order chi connectivity index (χ1) is 9.20. The Labute approximate surface area is 114 Å². The first-order valence-corrected chi connectivity index (χ1v) is 7.63. The lowest BCUT2D eigenvalue weighted by atomic mass is 9.46. The molecule has 4 bridgehead atoms. The third kappa shape index (κ3) is 1.69. The minimum atomic E-state index is -0.0709. The highest BCUT2D eigenvalue weighted by Gasteiger charge is 2.55. The van der Waals surface area contributed by atoms with Crippen molar-refractivity contribution in [1.82, 2.24) is 5.32 Å². The Morgan fingerprint density at radius 3 is 2.53 bits per heavy atom. The summed E-state index contributed by atoms with van der Waals surface area (Å²) in [5.41, 5.74) is 1.55. The van der Waals surface area contributed by atoms with Gasteiger partial charge in [-0.1, -0.05) is 12.1 Å². The molecule has 0 aromatic heterocycles. The van der Waals surface area contributed by atoms with Crippen LogP contribution in [-0.2, 0) is 5.41 Å². The number of benzene rings is 1. The Morgan fingerprint density at radius 2 is 1.89 bits per heavy atom. The molecule has 0 radical (unpaired) electrons. The third-order valence-corrected chi connectivity index (χ3v) is 6.04. The van der Waals surface area contributed by atoms with E-state index in [-0.39, 0.29) is 11.2 Å². The molecule has 4 fully saturated rings. The van der Waals surface area contributed by atoms with Gasteiger partial charge in [-0.15, -0.1) is 0 Å². The van der Waals surface area contributed by atoms with E-state index >= 15 is 0 Å². The van der Waals surface area contributed by atoms with Gasteiger partial charge in [0.25, 0.3) is 0 Å². The van der Waals surface area contributed by atoms with E-state index in [1.165, 1.54) is 37.7 Å². The van der Waals surface area contributed by atoms with E-state index in [1.54, 1.807) is 12.1 Å². The molecule has 19 heavy (non-hydrogen) atoms. The molecule has 1 aromatic rings. The summed E-state index contributed by atoms with van der Waals surface area (Å²) in [4.78, 5) is 0. The van der Waals surface area contributed by atoms with Crippen molar-refractivity contribution in [2.24, 2.45) is 17.8 Å². The molecule has 2 unspecified atom stereocenters.